The van der Waals surface area contributed by atoms with Crippen LogP contribution in [0.2, 0.25) is 0 Å². The largest absolute Gasteiger partial charge is 0.314 e. The molecule has 1 aliphatic heterocycles. The molecule has 3 aromatic heterocycles. The van der Waals surface area contributed by atoms with E-state index in [1.54, 1.807) is 43.0 Å². The first-order chi connectivity index (χ1) is 17.2. The minimum atomic E-state index is -0.293. The average molecular weight is 481 g/mol. The molecular weight excluding hydrogens is 463 g/mol. The van der Waals surface area contributed by atoms with Crippen molar-refractivity contribution in [2.24, 2.45) is 0 Å². The second kappa shape index (κ2) is 8.38. The summed E-state index contributed by atoms with van der Waals surface area (Å²) >= 11 is 1.32. The van der Waals surface area contributed by atoms with E-state index in [1.165, 1.54) is 23.7 Å². The Labute approximate surface area is 204 Å². The standard InChI is InChI=1S/C25H17FN8S/c1-2-20-25-32-29-14-33(25)21-13-28-23(19-12-30-35-22(19)16-5-7-17(26)8-6-16)31-24(21)34(20)18-9-3-15(11-27)4-10-18/h3-10,12-14,20H,2H2,1H3/t20-/m0/s1. The molecule has 35 heavy (non-hydrogen) atoms. The summed E-state index contributed by atoms with van der Waals surface area (Å²) in [6.07, 6.45) is 5.94. The predicted octanol–water partition coefficient (Wildman–Crippen LogP) is 5.46. The summed E-state index contributed by atoms with van der Waals surface area (Å²) in [6, 6.07) is 15.8. The zero-order valence-electron chi connectivity index (χ0n) is 18.5. The second-order valence-corrected chi connectivity index (χ2v) is 8.79. The molecule has 0 unspecified atom stereocenters. The van der Waals surface area contributed by atoms with Gasteiger partial charge in [-0.2, -0.15) is 9.64 Å². The number of aromatic nitrogens is 6. The van der Waals surface area contributed by atoms with Crippen molar-refractivity contribution < 1.29 is 4.39 Å². The number of benzene rings is 2. The Morgan fingerprint density at radius 2 is 1.89 bits per heavy atom. The molecule has 1 aliphatic rings. The molecule has 0 spiro atoms. The van der Waals surface area contributed by atoms with E-state index in [2.05, 4.69) is 37.4 Å². The third-order valence-corrected chi connectivity index (χ3v) is 6.85. The molecule has 8 nitrogen and oxygen atoms in total. The molecule has 0 amide bonds. The zero-order chi connectivity index (χ0) is 23.9. The molecular formula is C25H17FN8S. The lowest BCUT2D eigenvalue weighted by atomic mass is 10.1. The molecule has 0 saturated heterocycles. The molecule has 0 fully saturated rings. The van der Waals surface area contributed by atoms with Crippen molar-refractivity contribution in [1.82, 2.24) is 29.1 Å². The van der Waals surface area contributed by atoms with Crippen molar-refractivity contribution in [1.29, 1.82) is 5.26 Å². The highest BCUT2D eigenvalue weighted by atomic mass is 32.1. The molecule has 0 saturated carbocycles. The lowest BCUT2D eigenvalue weighted by Gasteiger charge is -2.36. The fraction of sp³-hybridized carbons (Fsp3) is 0.120. The van der Waals surface area contributed by atoms with Crippen LogP contribution in [-0.2, 0) is 0 Å². The molecule has 0 radical (unpaired) electrons. The number of nitriles is 1. The van der Waals surface area contributed by atoms with Crippen LogP contribution >= 0.6 is 11.5 Å². The maximum Gasteiger partial charge on any atom is 0.164 e. The highest BCUT2D eigenvalue weighted by Crippen LogP contribution is 2.44. The van der Waals surface area contributed by atoms with Crippen LogP contribution in [0, 0.1) is 17.1 Å². The van der Waals surface area contributed by atoms with Crippen LogP contribution in [0.25, 0.3) is 27.5 Å². The Hall–Kier alpha value is -4.49. The van der Waals surface area contributed by atoms with Crippen molar-refractivity contribution in [3.63, 3.8) is 0 Å². The van der Waals surface area contributed by atoms with Gasteiger partial charge in [0.15, 0.2) is 17.5 Å². The van der Waals surface area contributed by atoms with E-state index in [0.29, 0.717) is 17.2 Å². The molecule has 6 rings (SSSR count). The quantitative estimate of drug-likeness (QED) is 0.337. The second-order valence-electron chi connectivity index (χ2n) is 7.99. The molecule has 0 N–H and O–H groups in total. The van der Waals surface area contributed by atoms with Crippen molar-refractivity contribution in [3.8, 4) is 33.6 Å². The Morgan fingerprint density at radius 3 is 2.63 bits per heavy atom. The maximum atomic E-state index is 13.5. The number of halogens is 1. The van der Waals surface area contributed by atoms with Gasteiger partial charge in [0.25, 0.3) is 0 Å². The number of hydrogen-bond acceptors (Lipinski definition) is 8. The monoisotopic (exact) mass is 480 g/mol. The SMILES string of the molecule is CC[C@H]1c2nncn2-c2cnc(-c3cnsc3-c3ccc(F)cc3)nc2N1c1ccc(C#N)cc1. The van der Waals surface area contributed by atoms with E-state index in [9.17, 15) is 9.65 Å². The number of rotatable bonds is 4. The molecule has 0 bridgehead atoms. The summed E-state index contributed by atoms with van der Waals surface area (Å²) < 4.78 is 19.8. The van der Waals surface area contributed by atoms with Crippen molar-refractivity contribution in [2.45, 2.75) is 19.4 Å². The number of anilines is 2. The average Bonchev–Trinajstić information content (AvgIpc) is 3.58. The Bertz CT molecular complexity index is 1570. The van der Waals surface area contributed by atoms with E-state index in [0.717, 1.165) is 39.6 Å². The van der Waals surface area contributed by atoms with Gasteiger partial charge in [-0.05, 0) is 59.9 Å². The van der Waals surface area contributed by atoms with Gasteiger partial charge in [-0.3, -0.25) is 4.57 Å². The summed E-state index contributed by atoms with van der Waals surface area (Å²) in [5, 5.41) is 17.8. The van der Waals surface area contributed by atoms with E-state index >= 15 is 0 Å². The number of fused-ring (bicyclic) bond motifs is 3. The van der Waals surface area contributed by atoms with Gasteiger partial charge in [0.05, 0.1) is 40.5 Å². The fourth-order valence-corrected chi connectivity index (χ4v) is 5.08. The van der Waals surface area contributed by atoms with Crippen LogP contribution in [-0.4, -0.2) is 29.1 Å². The molecule has 10 heteroatoms. The summed E-state index contributed by atoms with van der Waals surface area (Å²) in [7, 11) is 0. The highest BCUT2D eigenvalue weighted by Gasteiger charge is 2.35. The van der Waals surface area contributed by atoms with Crippen LogP contribution in [0.4, 0.5) is 15.9 Å². The van der Waals surface area contributed by atoms with E-state index in [1.807, 2.05) is 16.7 Å². The summed E-state index contributed by atoms with van der Waals surface area (Å²) in [5.74, 6) is 1.72. The van der Waals surface area contributed by atoms with Gasteiger partial charge in [0, 0.05) is 5.69 Å². The molecule has 0 aliphatic carbocycles. The maximum absolute atomic E-state index is 13.5. The zero-order valence-corrected chi connectivity index (χ0v) is 19.3. The van der Waals surface area contributed by atoms with E-state index < -0.39 is 0 Å². The van der Waals surface area contributed by atoms with Crippen LogP contribution in [0.15, 0.2) is 67.3 Å². The number of hydrogen-bond donors (Lipinski definition) is 0. The molecule has 170 valence electrons. The minimum absolute atomic E-state index is 0.113. The van der Waals surface area contributed by atoms with Crippen molar-refractivity contribution in [2.75, 3.05) is 4.90 Å². The third-order valence-electron chi connectivity index (χ3n) is 6.00. The highest BCUT2D eigenvalue weighted by molar-refractivity contribution is 7.10. The normalized spacial score (nSPS) is 14.3. The topological polar surface area (TPSA) is 96.4 Å². The summed E-state index contributed by atoms with van der Waals surface area (Å²) in [5.41, 5.74) is 3.85. The Kier molecular flexibility index (Phi) is 5.04. The van der Waals surface area contributed by atoms with E-state index in [4.69, 9.17) is 4.98 Å². The van der Waals surface area contributed by atoms with Crippen molar-refractivity contribution in [3.05, 3.63) is 84.5 Å². The van der Waals surface area contributed by atoms with E-state index in [-0.39, 0.29) is 11.9 Å². The van der Waals surface area contributed by atoms with Gasteiger partial charge in [-0.15, -0.1) is 10.2 Å². The van der Waals surface area contributed by atoms with Crippen LogP contribution in [0.1, 0.15) is 30.8 Å². The molecule has 5 aromatic rings. The van der Waals surface area contributed by atoms with Crippen molar-refractivity contribution >= 4 is 23.0 Å². The Balaban J connectivity index is 1.53. The van der Waals surface area contributed by atoms with Gasteiger partial charge in [-0.25, -0.2) is 14.4 Å². The van der Waals surface area contributed by atoms with Gasteiger partial charge < -0.3 is 4.90 Å². The lowest BCUT2D eigenvalue weighted by Crippen LogP contribution is -2.32. The predicted molar refractivity (Wildman–Crippen MR) is 130 cm³/mol. The minimum Gasteiger partial charge on any atom is -0.314 e. The summed E-state index contributed by atoms with van der Waals surface area (Å²) in [6.45, 7) is 2.09. The smallest absolute Gasteiger partial charge is 0.164 e. The van der Waals surface area contributed by atoms with Crippen LogP contribution in [0.3, 0.4) is 0 Å². The van der Waals surface area contributed by atoms with Crippen LogP contribution < -0.4 is 4.90 Å². The lowest BCUT2D eigenvalue weighted by molar-refractivity contribution is 0.590. The first kappa shape index (κ1) is 21.1. The van der Waals surface area contributed by atoms with Gasteiger partial charge in [0.2, 0.25) is 0 Å². The molecule has 2 aromatic carbocycles. The van der Waals surface area contributed by atoms with Gasteiger partial charge in [0.1, 0.15) is 17.8 Å². The summed E-state index contributed by atoms with van der Waals surface area (Å²) in [4.78, 5) is 12.6. The number of nitrogens with zero attached hydrogens (tertiary/aromatic N) is 8. The van der Waals surface area contributed by atoms with Gasteiger partial charge >= 0.3 is 0 Å². The van der Waals surface area contributed by atoms with Gasteiger partial charge in [-0.1, -0.05) is 19.1 Å². The Morgan fingerprint density at radius 1 is 1.09 bits per heavy atom. The third kappa shape index (κ3) is 3.45. The van der Waals surface area contributed by atoms with Crippen LogP contribution in [0.5, 0.6) is 0 Å². The first-order valence-electron chi connectivity index (χ1n) is 11.0. The fourth-order valence-electron chi connectivity index (χ4n) is 4.34. The molecule has 4 heterocycles. The molecule has 1 atom stereocenters. The first-order valence-corrected chi connectivity index (χ1v) is 11.7.